The number of para-hydroxylation sites is 1. The highest BCUT2D eigenvalue weighted by Gasteiger charge is 2.09. The molecule has 2 aromatic carbocycles. The zero-order valence-corrected chi connectivity index (χ0v) is 11.8. The summed E-state index contributed by atoms with van der Waals surface area (Å²) in [6.45, 7) is 0.855. The predicted octanol–water partition coefficient (Wildman–Crippen LogP) is 4.11. The molecule has 1 heterocycles. The van der Waals surface area contributed by atoms with Crippen molar-refractivity contribution in [3.8, 4) is 0 Å². The Bertz CT molecular complexity index is 700. The van der Waals surface area contributed by atoms with E-state index in [1.807, 2.05) is 31.5 Å². The summed E-state index contributed by atoms with van der Waals surface area (Å²) in [6.07, 6.45) is 1.83. The molecule has 1 N–H and O–H groups in total. The highest BCUT2D eigenvalue weighted by atomic mass is 16.3. The average molecular weight is 266 g/mol. The van der Waals surface area contributed by atoms with Gasteiger partial charge >= 0.3 is 0 Å². The number of fused-ring (bicyclic) bond motifs is 1. The molecule has 0 radical (unpaired) electrons. The van der Waals surface area contributed by atoms with Gasteiger partial charge in [-0.3, -0.25) is 0 Å². The van der Waals surface area contributed by atoms with Gasteiger partial charge in [0.2, 0.25) is 0 Å². The van der Waals surface area contributed by atoms with Crippen molar-refractivity contribution in [1.82, 2.24) is 0 Å². The number of nitrogens with zero attached hydrogens (tertiary/aromatic N) is 1. The van der Waals surface area contributed by atoms with Crippen molar-refractivity contribution in [2.24, 2.45) is 0 Å². The Hall–Kier alpha value is -2.42. The van der Waals surface area contributed by atoms with Crippen molar-refractivity contribution < 1.29 is 4.42 Å². The zero-order chi connectivity index (χ0) is 13.9. The Kier molecular flexibility index (Phi) is 3.33. The van der Waals surface area contributed by atoms with Gasteiger partial charge in [0.25, 0.3) is 0 Å². The highest BCUT2D eigenvalue weighted by molar-refractivity contribution is 5.90. The van der Waals surface area contributed by atoms with Crippen LogP contribution in [0.1, 0.15) is 5.56 Å². The van der Waals surface area contributed by atoms with Gasteiger partial charge in [-0.1, -0.05) is 24.3 Å². The maximum absolute atomic E-state index is 5.59. The lowest BCUT2D eigenvalue weighted by Crippen LogP contribution is -2.15. The molecule has 0 aliphatic rings. The van der Waals surface area contributed by atoms with Crippen LogP contribution in [0.25, 0.3) is 11.0 Å². The molecule has 0 unspecified atom stereocenters. The van der Waals surface area contributed by atoms with Gasteiger partial charge in [-0.15, -0.1) is 0 Å². The summed E-state index contributed by atoms with van der Waals surface area (Å²) >= 11 is 0. The maximum atomic E-state index is 5.59. The highest BCUT2D eigenvalue weighted by Crippen LogP contribution is 2.29. The third-order valence-corrected chi connectivity index (χ3v) is 3.53. The van der Waals surface area contributed by atoms with E-state index >= 15 is 0 Å². The Morgan fingerprint density at radius 3 is 2.55 bits per heavy atom. The minimum absolute atomic E-state index is 0.855. The topological polar surface area (TPSA) is 28.4 Å². The lowest BCUT2D eigenvalue weighted by atomic mass is 10.1. The molecule has 0 saturated carbocycles. The molecule has 20 heavy (non-hydrogen) atoms. The van der Waals surface area contributed by atoms with Gasteiger partial charge in [-0.25, -0.2) is 0 Å². The monoisotopic (exact) mass is 266 g/mol. The molecule has 0 fully saturated rings. The van der Waals surface area contributed by atoms with Gasteiger partial charge in [-0.05, 0) is 29.8 Å². The van der Waals surface area contributed by atoms with E-state index < -0.39 is 0 Å². The fourth-order valence-electron chi connectivity index (χ4n) is 2.40. The van der Waals surface area contributed by atoms with E-state index in [2.05, 4.69) is 47.6 Å². The SMILES string of the molecule is CNc1ccc(CN(C)c2coc3ccccc23)cc1. The summed E-state index contributed by atoms with van der Waals surface area (Å²) in [5.41, 5.74) is 4.46. The van der Waals surface area contributed by atoms with E-state index in [1.165, 1.54) is 5.56 Å². The second kappa shape index (κ2) is 5.29. The van der Waals surface area contributed by atoms with Gasteiger partial charge in [0.15, 0.2) is 0 Å². The number of rotatable bonds is 4. The lowest BCUT2D eigenvalue weighted by molar-refractivity contribution is 0.614. The van der Waals surface area contributed by atoms with Gasteiger partial charge in [-0.2, -0.15) is 0 Å². The maximum Gasteiger partial charge on any atom is 0.136 e. The minimum Gasteiger partial charge on any atom is -0.462 e. The minimum atomic E-state index is 0.855. The van der Waals surface area contributed by atoms with Crippen LogP contribution in [-0.4, -0.2) is 14.1 Å². The second-order valence-electron chi connectivity index (χ2n) is 4.92. The van der Waals surface area contributed by atoms with Crippen LogP contribution < -0.4 is 10.2 Å². The third kappa shape index (κ3) is 2.35. The van der Waals surface area contributed by atoms with Gasteiger partial charge in [0.1, 0.15) is 11.8 Å². The van der Waals surface area contributed by atoms with E-state index in [9.17, 15) is 0 Å². The molecule has 0 saturated heterocycles. The number of nitrogens with one attached hydrogen (secondary N) is 1. The normalized spacial score (nSPS) is 10.7. The van der Waals surface area contributed by atoms with Crippen LogP contribution in [0.5, 0.6) is 0 Å². The molecule has 3 rings (SSSR count). The predicted molar refractivity (Wildman–Crippen MR) is 84.3 cm³/mol. The van der Waals surface area contributed by atoms with E-state index in [1.54, 1.807) is 0 Å². The summed E-state index contributed by atoms with van der Waals surface area (Å²) in [7, 11) is 4.02. The summed E-state index contributed by atoms with van der Waals surface area (Å²) in [6, 6.07) is 16.6. The van der Waals surface area contributed by atoms with E-state index in [4.69, 9.17) is 4.42 Å². The van der Waals surface area contributed by atoms with Crippen molar-refractivity contribution in [1.29, 1.82) is 0 Å². The quantitative estimate of drug-likeness (QED) is 0.770. The van der Waals surface area contributed by atoms with Crippen molar-refractivity contribution >= 4 is 22.3 Å². The fourth-order valence-corrected chi connectivity index (χ4v) is 2.40. The van der Waals surface area contributed by atoms with E-state index in [0.29, 0.717) is 0 Å². The van der Waals surface area contributed by atoms with Gasteiger partial charge in [0.05, 0.1) is 5.69 Å². The summed E-state index contributed by atoms with van der Waals surface area (Å²) in [5.74, 6) is 0. The molecular weight excluding hydrogens is 248 g/mol. The van der Waals surface area contributed by atoms with Crippen LogP contribution in [0.15, 0.2) is 59.2 Å². The van der Waals surface area contributed by atoms with Crippen LogP contribution in [0.4, 0.5) is 11.4 Å². The Balaban J connectivity index is 1.83. The van der Waals surface area contributed by atoms with Crippen LogP contribution in [-0.2, 0) is 6.54 Å². The second-order valence-corrected chi connectivity index (χ2v) is 4.92. The van der Waals surface area contributed by atoms with Crippen molar-refractivity contribution in [2.45, 2.75) is 6.54 Å². The van der Waals surface area contributed by atoms with Crippen molar-refractivity contribution in [2.75, 3.05) is 24.3 Å². The van der Waals surface area contributed by atoms with Gasteiger partial charge < -0.3 is 14.6 Å². The number of hydrogen-bond donors (Lipinski definition) is 1. The molecule has 0 atom stereocenters. The number of furan rings is 1. The zero-order valence-electron chi connectivity index (χ0n) is 11.8. The molecule has 0 amide bonds. The molecule has 3 nitrogen and oxygen atoms in total. The molecule has 3 aromatic rings. The van der Waals surface area contributed by atoms with Gasteiger partial charge in [0, 0.05) is 31.7 Å². The van der Waals surface area contributed by atoms with Crippen LogP contribution in [0.2, 0.25) is 0 Å². The first-order valence-corrected chi connectivity index (χ1v) is 6.72. The lowest BCUT2D eigenvalue weighted by Gasteiger charge is -2.18. The number of hydrogen-bond acceptors (Lipinski definition) is 3. The first-order valence-electron chi connectivity index (χ1n) is 6.72. The average Bonchev–Trinajstić information content (AvgIpc) is 2.92. The first-order chi connectivity index (χ1) is 9.78. The molecule has 1 aromatic heterocycles. The Labute approximate surface area is 118 Å². The van der Waals surface area contributed by atoms with Crippen molar-refractivity contribution in [3.05, 3.63) is 60.4 Å². The smallest absolute Gasteiger partial charge is 0.136 e. The standard InChI is InChI=1S/C17H18N2O/c1-18-14-9-7-13(8-10-14)11-19(2)16-12-20-17-6-4-3-5-15(16)17/h3-10,12,18H,11H2,1-2H3. The van der Waals surface area contributed by atoms with Crippen LogP contribution >= 0.6 is 0 Å². The Morgan fingerprint density at radius 1 is 1.05 bits per heavy atom. The molecule has 0 spiro atoms. The summed E-state index contributed by atoms with van der Waals surface area (Å²) < 4.78 is 5.59. The van der Waals surface area contributed by atoms with E-state index in [0.717, 1.165) is 28.9 Å². The fraction of sp³-hybridized carbons (Fsp3) is 0.176. The first kappa shape index (κ1) is 12.6. The molecule has 102 valence electrons. The molecule has 0 aliphatic heterocycles. The largest absolute Gasteiger partial charge is 0.462 e. The molecule has 0 aliphatic carbocycles. The van der Waals surface area contributed by atoms with E-state index in [-0.39, 0.29) is 0 Å². The summed E-state index contributed by atoms with van der Waals surface area (Å²) in [4.78, 5) is 2.21. The molecular formula is C17H18N2O. The Morgan fingerprint density at radius 2 is 1.80 bits per heavy atom. The van der Waals surface area contributed by atoms with Crippen LogP contribution in [0.3, 0.4) is 0 Å². The van der Waals surface area contributed by atoms with Crippen molar-refractivity contribution in [3.63, 3.8) is 0 Å². The summed E-state index contributed by atoms with van der Waals surface area (Å²) in [5, 5.41) is 4.29. The molecule has 3 heteroatoms. The third-order valence-electron chi connectivity index (χ3n) is 3.53. The molecule has 0 bridgehead atoms. The van der Waals surface area contributed by atoms with Crippen LogP contribution in [0, 0.1) is 0 Å². The number of anilines is 2. The number of benzene rings is 2.